The Labute approximate surface area is 120 Å². The van der Waals surface area contributed by atoms with Crippen molar-refractivity contribution in [3.63, 3.8) is 0 Å². The number of anilines is 1. The fourth-order valence-electron chi connectivity index (χ4n) is 3.08. The van der Waals surface area contributed by atoms with Crippen molar-refractivity contribution < 1.29 is 14.0 Å². The lowest BCUT2D eigenvalue weighted by molar-refractivity contribution is -0.135. The molecule has 2 aliphatic rings. The number of para-hydroxylation sites is 1. The van der Waals surface area contributed by atoms with Gasteiger partial charge in [-0.3, -0.25) is 14.5 Å². The SMILES string of the molecule is O=C1CN(c2c(F)cccc2Cl)C(=O)C2(CCCC2)N1. The van der Waals surface area contributed by atoms with Crippen LogP contribution in [0, 0.1) is 5.82 Å². The molecule has 2 fully saturated rings. The maximum Gasteiger partial charge on any atom is 0.253 e. The standard InChI is InChI=1S/C14H14ClFN2O2/c15-9-4-3-5-10(16)12(9)18-8-11(19)17-14(13(18)20)6-1-2-7-14/h3-5H,1-2,6-8H2,(H,17,19). The van der Waals surface area contributed by atoms with E-state index in [1.54, 1.807) is 0 Å². The molecular weight excluding hydrogens is 283 g/mol. The molecule has 20 heavy (non-hydrogen) atoms. The third-order valence-electron chi connectivity index (χ3n) is 4.00. The van der Waals surface area contributed by atoms with Crippen LogP contribution < -0.4 is 10.2 Å². The van der Waals surface area contributed by atoms with Gasteiger partial charge in [0, 0.05) is 0 Å². The van der Waals surface area contributed by atoms with Gasteiger partial charge < -0.3 is 5.32 Å². The summed E-state index contributed by atoms with van der Waals surface area (Å²) in [6, 6.07) is 4.23. The van der Waals surface area contributed by atoms with Crippen molar-refractivity contribution in [2.75, 3.05) is 11.4 Å². The van der Waals surface area contributed by atoms with E-state index in [1.807, 2.05) is 0 Å². The summed E-state index contributed by atoms with van der Waals surface area (Å²) in [6.07, 6.45) is 2.95. The third kappa shape index (κ3) is 1.97. The first-order valence-corrected chi connectivity index (χ1v) is 6.98. The molecule has 2 amide bonds. The highest BCUT2D eigenvalue weighted by Gasteiger charge is 2.49. The van der Waals surface area contributed by atoms with Crippen LogP contribution in [0.1, 0.15) is 25.7 Å². The summed E-state index contributed by atoms with van der Waals surface area (Å²) in [5, 5.41) is 2.92. The quantitative estimate of drug-likeness (QED) is 0.864. The van der Waals surface area contributed by atoms with Crippen molar-refractivity contribution in [3.8, 4) is 0 Å². The summed E-state index contributed by atoms with van der Waals surface area (Å²) >= 11 is 6.01. The Hall–Kier alpha value is -1.62. The molecule has 0 radical (unpaired) electrons. The Morgan fingerprint density at radius 1 is 1.25 bits per heavy atom. The molecule has 0 unspecified atom stereocenters. The number of piperazine rings is 1. The molecule has 1 N–H and O–H groups in total. The van der Waals surface area contributed by atoms with Gasteiger partial charge in [-0.05, 0) is 25.0 Å². The molecule has 6 heteroatoms. The molecule has 0 aromatic heterocycles. The van der Waals surface area contributed by atoms with Gasteiger partial charge in [0.15, 0.2) is 0 Å². The molecule has 1 heterocycles. The smallest absolute Gasteiger partial charge is 0.253 e. The first-order chi connectivity index (χ1) is 9.53. The summed E-state index contributed by atoms with van der Waals surface area (Å²) in [4.78, 5) is 25.8. The molecule has 0 bridgehead atoms. The number of hydrogen-bond acceptors (Lipinski definition) is 2. The van der Waals surface area contributed by atoms with E-state index in [4.69, 9.17) is 11.6 Å². The Balaban J connectivity index is 2.04. The lowest BCUT2D eigenvalue weighted by Gasteiger charge is -2.39. The highest BCUT2D eigenvalue weighted by atomic mass is 35.5. The number of halogens is 2. The molecule has 1 saturated carbocycles. The number of nitrogens with zero attached hydrogens (tertiary/aromatic N) is 1. The van der Waals surface area contributed by atoms with Crippen molar-refractivity contribution in [1.82, 2.24) is 5.32 Å². The van der Waals surface area contributed by atoms with Crippen LogP contribution in [0.2, 0.25) is 5.02 Å². The van der Waals surface area contributed by atoms with Crippen molar-refractivity contribution in [2.24, 2.45) is 0 Å². The second-order valence-corrected chi connectivity index (χ2v) is 5.71. The molecule has 0 atom stereocenters. The number of carbonyl (C=O) groups is 2. The summed E-state index contributed by atoms with van der Waals surface area (Å²) in [5.74, 6) is -1.12. The van der Waals surface area contributed by atoms with Crippen LogP contribution in [-0.4, -0.2) is 23.9 Å². The highest BCUT2D eigenvalue weighted by Crippen LogP contribution is 2.37. The minimum Gasteiger partial charge on any atom is -0.340 e. The number of benzene rings is 1. The van der Waals surface area contributed by atoms with Gasteiger partial charge in [-0.2, -0.15) is 0 Å². The maximum atomic E-state index is 14.0. The molecule has 1 spiro atoms. The summed E-state index contributed by atoms with van der Waals surface area (Å²) in [6.45, 7) is -0.193. The van der Waals surface area contributed by atoms with Crippen LogP contribution in [0.4, 0.5) is 10.1 Å². The van der Waals surface area contributed by atoms with Crippen LogP contribution in [0.25, 0.3) is 0 Å². The van der Waals surface area contributed by atoms with E-state index in [0.29, 0.717) is 12.8 Å². The largest absolute Gasteiger partial charge is 0.340 e. The maximum absolute atomic E-state index is 14.0. The van der Waals surface area contributed by atoms with Gasteiger partial charge in [-0.25, -0.2) is 4.39 Å². The van der Waals surface area contributed by atoms with Gasteiger partial charge in [0.25, 0.3) is 5.91 Å². The number of rotatable bonds is 1. The number of hydrogen-bond donors (Lipinski definition) is 1. The predicted octanol–water partition coefficient (Wildman–Crippen LogP) is 2.25. The zero-order valence-electron chi connectivity index (χ0n) is 10.8. The monoisotopic (exact) mass is 296 g/mol. The summed E-state index contributed by atoms with van der Waals surface area (Å²) in [7, 11) is 0. The normalized spacial score (nSPS) is 21.4. The van der Waals surface area contributed by atoms with Crippen molar-refractivity contribution in [3.05, 3.63) is 29.0 Å². The molecule has 1 aromatic carbocycles. The zero-order valence-corrected chi connectivity index (χ0v) is 11.5. The lowest BCUT2D eigenvalue weighted by atomic mass is 9.92. The van der Waals surface area contributed by atoms with Crippen LogP contribution in [0.15, 0.2) is 18.2 Å². The molecular formula is C14H14ClFN2O2. The highest BCUT2D eigenvalue weighted by molar-refractivity contribution is 6.34. The molecule has 1 aliphatic heterocycles. The minimum atomic E-state index is -0.874. The van der Waals surface area contributed by atoms with Crippen LogP contribution >= 0.6 is 11.6 Å². The van der Waals surface area contributed by atoms with E-state index < -0.39 is 11.4 Å². The van der Waals surface area contributed by atoms with E-state index in [-0.39, 0.29) is 29.1 Å². The van der Waals surface area contributed by atoms with Gasteiger partial charge >= 0.3 is 0 Å². The van der Waals surface area contributed by atoms with Crippen LogP contribution in [0.5, 0.6) is 0 Å². The summed E-state index contributed by atoms with van der Waals surface area (Å²) < 4.78 is 14.0. The van der Waals surface area contributed by atoms with Gasteiger partial charge in [0.1, 0.15) is 17.9 Å². The average Bonchev–Trinajstić information content (AvgIpc) is 2.84. The summed E-state index contributed by atoms with van der Waals surface area (Å²) in [5.41, 5.74) is -0.874. The number of carbonyl (C=O) groups excluding carboxylic acids is 2. The van der Waals surface area contributed by atoms with Crippen LogP contribution in [-0.2, 0) is 9.59 Å². The first kappa shape index (κ1) is 13.4. The van der Waals surface area contributed by atoms with E-state index >= 15 is 0 Å². The topological polar surface area (TPSA) is 49.4 Å². The Bertz CT molecular complexity index is 564. The molecule has 1 aliphatic carbocycles. The average molecular weight is 297 g/mol. The second-order valence-electron chi connectivity index (χ2n) is 5.30. The van der Waals surface area contributed by atoms with Crippen LogP contribution in [0.3, 0.4) is 0 Å². The van der Waals surface area contributed by atoms with Gasteiger partial charge in [0.2, 0.25) is 5.91 Å². The van der Waals surface area contributed by atoms with Crippen molar-refractivity contribution in [1.29, 1.82) is 0 Å². The molecule has 4 nitrogen and oxygen atoms in total. The fraction of sp³-hybridized carbons (Fsp3) is 0.429. The number of amides is 2. The minimum absolute atomic E-state index is 0.000270. The fourth-order valence-corrected chi connectivity index (χ4v) is 3.34. The van der Waals surface area contributed by atoms with E-state index in [1.165, 1.54) is 23.1 Å². The van der Waals surface area contributed by atoms with E-state index in [2.05, 4.69) is 5.32 Å². The second kappa shape index (κ2) is 4.74. The Kier molecular flexibility index (Phi) is 3.17. The Morgan fingerprint density at radius 2 is 1.95 bits per heavy atom. The molecule has 3 rings (SSSR count). The van der Waals surface area contributed by atoms with E-state index in [0.717, 1.165) is 12.8 Å². The van der Waals surface area contributed by atoms with Crippen molar-refractivity contribution >= 4 is 29.1 Å². The molecule has 1 saturated heterocycles. The van der Waals surface area contributed by atoms with Gasteiger partial charge in [-0.15, -0.1) is 0 Å². The predicted molar refractivity (Wildman–Crippen MR) is 73.1 cm³/mol. The first-order valence-electron chi connectivity index (χ1n) is 6.60. The van der Waals surface area contributed by atoms with Gasteiger partial charge in [0.05, 0.1) is 10.7 Å². The Morgan fingerprint density at radius 3 is 2.60 bits per heavy atom. The zero-order chi connectivity index (χ0) is 14.3. The molecule has 106 valence electrons. The third-order valence-corrected chi connectivity index (χ3v) is 4.30. The number of nitrogens with one attached hydrogen (secondary N) is 1. The van der Waals surface area contributed by atoms with Gasteiger partial charge in [-0.1, -0.05) is 30.5 Å². The molecule has 1 aromatic rings. The van der Waals surface area contributed by atoms with E-state index in [9.17, 15) is 14.0 Å². The lowest BCUT2D eigenvalue weighted by Crippen LogP contribution is -2.66. The van der Waals surface area contributed by atoms with Crippen molar-refractivity contribution in [2.45, 2.75) is 31.2 Å².